The van der Waals surface area contributed by atoms with Gasteiger partial charge in [-0.15, -0.1) is 6.42 Å². The van der Waals surface area contributed by atoms with Crippen molar-refractivity contribution in [1.29, 1.82) is 0 Å². The van der Waals surface area contributed by atoms with E-state index in [1.807, 2.05) is 0 Å². The second kappa shape index (κ2) is 5.52. The van der Waals surface area contributed by atoms with Crippen LogP contribution in [0, 0.1) is 12.3 Å². The number of aromatic nitrogens is 1. The van der Waals surface area contributed by atoms with Crippen LogP contribution in [0.5, 0.6) is 0 Å². The van der Waals surface area contributed by atoms with Gasteiger partial charge in [-0.05, 0) is 6.07 Å². The van der Waals surface area contributed by atoms with Gasteiger partial charge in [0, 0.05) is 32.2 Å². The predicted octanol–water partition coefficient (Wildman–Crippen LogP) is -0.234. The van der Waals surface area contributed by atoms with Crippen molar-refractivity contribution in [3.8, 4) is 12.3 Å². The minimum absolute atomic E-state index is 0.131. The molecule has 1 N–H and O–H groups in total. The fraction of sp³-hybridized carbons (Fsp3) is 0.385. The largest absolute Gasteiger partial charge is 0.335 e. The van der Waals surface area contributed by atoms with E-state index in [1.165, 1.54) is 6.07 Å². The highest BCUT2D eigenvalue weighted by Gasteiger charge is 2.21. The van der Waals surface area contributed by atoms with E-state index in [4.69, 9.17) is 6.42 Å². The highest BCUT2D eigenvalue weighted by atomic mass is 16.2. The number of aromatic amines is 1. The number of nitrogens with one attached hydrogen (secondary N) is 1. The summed E-state index contributed by atoms with van der Waals surface area (Å²) in [7, 11) is 0. The summed E-state index contributed by atoms with van der Waals surface area (Å²) < 4.78 is 0. The number of H-pyrrole nitrogens is 1. The summed E-state index contributed by atoms with van der Waals surface area (Å²) in [6.07, 6.45) is 5.25. The van der Waals surface area contributed by atoms with Gasteiger partial charge in [-0.25, -0.2) is 0 Å². The van der Waals surface area contributed by atoms with E-state index < -0.39 is 0 Å². The van der Waals surface area contributed by atoms with Crippen LogP contribution in [0.3, 0.4) is 0 Å². The molecule has 1 amide bonds. The Morgan fingerprint density at radius 3 is 2.67 bits per heavy atom. The van der Waals surface area contributed by atoms with Crippen molar-refractivity contribution in [2.75, 3.05) is 32.7 Å². The van der Waals surface area contributed by atoms with Crippen LogP contribution >= 0.6 is 0 Å². The van der Waals surface area contributed by atoms with Gasteiger partial charge in [0.05, 0.1) is 6.54 Å². The van der Waals surface area contributed by atoms with E-state index in [2.05, 4.69) is 15.8 Å². The summed E-state index contributed by atoms with van der Waals surface area (Å²) in [5.74, 6) is 2.46. The minimum Gasteiger partial charge on any atom is -0.335 e. The molecular weight excluding hydrogens is 230 g/mol. The van der Waals surface area contributed by atoms with Crippen molar-refractivity contribution < 1.29 is 4.79 Å². The van der Waals surface area contributed by atoms with Gasteiger partial charge in [-0.3, -0.25) is 14.5 Å². The second-order valence-electron chi connectivity index (χ2n) is 4.20. The van der Waals surface area contributed by atoms with E-state index in [0.29, 0.717) is 25.3 Å². The molecule has 2 rings (SSSR count). The first-order valence-corrected chi connectivity index (χ1v) is 5.85. The maximum Gasteiger partial charge on any atom is 0.270 e. The Bertz CT molecular complexity index is 522. The molecule has 1 aromatic heterocycles. The predicted molar refractivity (Wildman–Crippen MR) is 68.2 cm³/mol. The van der Waals surface area contributed by atoms with E-state index >= 15 is 0 Å². The number of amides is 1. The third-order valence-corrected chi connectivity index (χ3v) is 2.97. The molecule has 0 spiro atoms. The normalized spacial score (nSPS) is 16.3. The lowest BCUT2D eigenvalue weighted by Crippen LogP contribution is -2.49. The standard InChI is InChI=1S/C13H15N3O2/c1-2-6-15-7-9-16(10-8-15)13(18)11-4-3-5-12(17)14-11/h1,3-5H,6-10H2,(H,14,17). The summed E-state index contributed by atoms with van der Waals surface area (Å²) in [6.45, 7) is 3.43. The number of nitrogens with zero attached hydrogens (tertiary/aromatic N) is 2. The Labute approximate surface area is 105 Å². The first-order valence-electron chi connectivity index (χ1n) is 5.85. The first kappa shape index (κ1) is 12.4. The molecule has 0 radical (unpaired) electrons. The zero-order valence-corrected chi connectivity index (χ0v) is 10.1. The summed E-state index contributed by atoms with van der Waals surface area (Å²) >= 11 is 0. The number of rotatable bonds is 2. The summed E-state index contributed by atoms with van der Waals surface area (Å²) in [4.78, 5) is 29.7. The minimum atomic E-state index is -0.258. The Hall–Kier alpha value is -2.06. The molecule has 18 heavy (non-hydrogen) atoms. The van der Waals surface area contributed by atoms with Crippen molar-refractivity contribution in [3.63, 3.8) is 0 Å². The van der Waals surface area contributed by atoms with Gasteiger partial charge in [0.2, 0.25) is 5.56 Å². The molecule has 0 saturated carbocycles. The Kier molecular flexibility index (Phi) is 3.80. The van der Waals surface area contributed by atoms with Crippen LogP contribution in [0.2, 0.25) is 0 Å². The van der Waals surface area contributed by atoms with E-state index in [9.17, 15) is 9.59 Å². The average Bonchev–Trinajstić information content (AvgIpc) is 2.39. The monoisotopic (exact) mass is 245 g/mol. The van der Waals surface area contributed by atoms with E-state index in [-0.39, 0.29) is 11.5 Å². The third kappa shape index (κ3) is 2.79. The van der Waals surface area contributed by atoms with E-state index in [0.717, 1.165) is 13.1 Å². The third-order valence-electron chi connectivity index (χ3n) is 2.97. The van der Waals surface area contributed by atoms with Gasteiger partial charge in [0.1, 0.15) is 5.69 Å². The summed E-state index contributed by atoms with van der Waals surface area (Å²) in [6, 6.07) is 4.60. The number of carbonyl (C=O) groups is 1. The Morgan fingerprint density at radius 1 is 1.33 bits per heavy atom. The van der Waals surface area contributed by atoms with Crippen molar-refractivity contribution in [2.24, 2.45) is 0 Å². The van der Waals surface area contributed by atoms with Crippen molar-refractivity contribution in [1.82, 2.24) is 14.8 Å². The zero-order valence-electron chi connectivity index (χ0n) is 10.1. The van der Waals surface area contributed by atoms with Crippen molar-refractivity contribution >= 4 is 5.91 Å². The Morgan fingerprint density at radius 2 is 2.06 bits per heavy atom. The molecule has 0 bridgehead atoms. The van der Waals surface area contributed by atoms with Crippen LogP contribution in [-0.4, -0.2) is 53.4 Å². The quantitative estimate of drug-likeness (QED) is 0.732. The van der Waals surface area contributed by atoms with Crippen LogP contribution in [0.4, 0.5) is 0 Å². The fourth-order valence-corrected chi connectivity index (χ4v) is 1.98. The van der Waals surface area contributed by atoms with Gasteiger partial charge >= 0.3 is 0 Å². The zero-order chi connectivity index (χ0) is 13.0. The molecule has 0 aromatic carbocycles. The average molecular weight is 245 g/mol. The van der Waals surface area contributed by atoms with Crippen LogP contribution in [0.15, 0.2) is 23.0 Å². The molecule has 0 aliphatic carbocycles. The smallest absolute Gasteiger partial charge is 0.270 e. The molecule has 1 aliphatic rings. The van der Waals surface area contributed by atoms with Crippen LogP contribution < -0.4 is 5.56 Å². The van der Waals surface area contributed by atoms with Gasteiger partial charge in [-0.1, -0.05) is 12.0 Å². The van der Waals surface area contributed by atoms with Crippen molar-refractivity contribution in [3.05, 3.63) is 34.2 Å². The molecule has 5 heteroatoms. The molecule has 1 fully saturated rings. The molecule has 0 unspecified atom stereocenters. The van der Waals surface area contributed by atoms with Crippen LogP contribution in [-0.2, 0) is 0 Å². The maximum absolute atomic E-state index is 12.1. The molecule has 5 nitrogen and oxygen atoms in total. The van der Waals surface area contributed by atoms with Gasteiger partial charge < -0.3 is 9.88 Å². The molecule has 1 aromatic rings. The summed E-state index contributed by atoms with van der Waals surface area (Å²) in [5, 5.41) is 0. The lowest BCUT2D eigenvalue weighted by atomic mass is 10.2. The second-order valence-corrected chi connectivity index (χ2v) is 4.20. The number of terminal acetylenes is 1. The molecular formula is C13H15N3O2. The molecule has 0 atom stereocenters. The lowest BCUT2D eigenvalue weighted by molar-refractivity contribution is 0.0646. The van der Waals surface area contributed by atoms with E-state index in [1.54, 1.807) is 17.0 Å². The highest BCUT2D eigenvalue weighted by Crippen LogP contribution is 2.05. The number of pyridine rings is 1. The first-order chi connectivity index (χ1) is 8.70. The van der Waals surface area contributed by atoms with Crippen LogP contribution in [0.25, 0.3) is 0 Å². The van der Waals surface area contributed by atoms with Crippen molar-refractivity contribution in [2.45, 2.75) is 0 Å². The number of piperazine rings is 1. The fourth-order valence-electron chi connectivity index (χ4n) is 1.98. The Balaban J connectivity index is 2.00. The number of carbonyl (C=O) groups excluding carboxylic acids is 1. The SMILES string of the molecule is C#CCN1CCN(C(=O)c2cccc(=O)[nH]2)CC1. The van der Waals surface area contributed by atoms with Crippen LogP contribution in [0.1, 0.15) is 10.5 Å². The molecule has 1 saturated heterocycles. The number of hydrogen-bond acceptors (Lipinski definition) is 3. The molecule has 1 aliphatic heterocycles. The molecule has 94 valence electrons. The van der Waals surface area contributed by atoms with Gasteiger partial charge in [0.15, 0.2) is 0 Å². The number of hydrogen-bond donors (Lipinski definition) is 1. The maximum atomic E-state index is 12.1. The molecule has 2 heterocycles. The van der Waals surface area contributed by atoms with Gasteiger partial charge in [0.25, 0.3) is 5.91 Å². The van der Waals surface area contributed by atoms with Gasteiger partial charge in [-0.2, -0.15) is 0 Å². The summed E-state index contributed by atoms with van der Waals surface area (Å²) in [5.41, 5.74) is 0.0831. The highest BCUT2D eigenvalue weighted by molar-refractivity contribution is 5.92. The topological polar surface area (TPSA) is 56.4 Å². The lowest BCUT2D eigenvalue weighted by Gasteiger charge is -2.33.